The van der Waals surface area contributed by atoms with Crippen LogP contribution >= 0.6 is 0 Å². The largest absolute Gasteiger partial charge is 0.369 e. The third-order valence-electron chi connectivity index (χ3n) is 5.27. The van der Waals surface area contributed by atoms with Gasteiger partial charge in [0.2, 0.25) is 5.91 Å². The van der Waals surface area contributed by atoms with Crippen LogP contribution in [0.4, 0.5) is 4.39 Å². The Kier molecular flexibility index (Phi) is 4.51. The van der Waals surface area contributed by atoms with Crippen molar-refractivity contribution in [3.8, 4) is 22.5 Å². The third kappa shape index (κ3) is 3.44. The summed E-state index contributed by atoms with van der Waals surface area (Å²) in [5.74, 6) is -1.57. The smallest absolute Gasteiger partial charge is 0.229 e. The second kappa shape index (κ2) is 7.49. The number of nitrogens with two attached hydrogens (primary N) is 1. The number of nitrogens with zero attached hydrogens (tertiary/aromatic N) is 3. The highest BCUT2D eigenvalue weighted by molar-refractivity contribution is 5.96. The highest BCUT2D eigenvalue weighted by Gasteiger charge is 2.21. The van der Waals surface area contributed by atoms with Gasteiger partial charge in [0.25, 0.3) is 0 Å². The summed E-state index contributed by atoms with van der Waals surface area (Å²) < 4.78 is 13.3. The van der Waals surface area contributed by atoms with Crippen molar-refractivity contribution in [1.29, 1.82) is 0 Å². The Labute approximate surface area is 176 Å². The number of nitrogens with one attached hydrogen (secondary N) is 2. The summed E-state index contributed by atoms with van der Waals surface area (Å²) >= 11 is 0. The number of H-pyrrole nitrogens is 2. The predicted octanol–water partition coefficient (Wildman–Crippen LogP) is 3.77. The zero-order valence-corrected chi connectivity index (χ0v) is 16.2. The van der Waals surface area contributed by atoms with Crippen molar-refractivity contribution in [2.24, 2.45) is 5.73 Å². The molecule has 3 aromatic carbocycles. The van der Waals surface area contributed by atoms with Crippen molar-refractivity contribution in [2.45, 2.75) is 5.92 Å². The molecule has 4 N–H and O–H groups in total. The van der Waals surface area contributed by atoms with Crippen LogP contribution in [0.5, 0.6) is 0 Å². The second-order valence-corrected chi connectivity index (χ2v) is 7.22. The summed E-state index contributed by atoms with van der Waals surface area (Å²) in [6.07, 6.45) is 1.65. The zero-order valence-electron chi connectivity index (χ0n) is 16.2. The molecule has 8 heteroatoms. The third-order valence-corrected chi connectivity index (χ3v) is 5.27. The monoisotopic (exact) mass is 412 g/mol. The van der Waals surface area contributed by atoms with Crippen molar-refractivity contribution >= 4 is 16.8 Å². The summed E-state index contributed by atoms with van der Waals surface area (Å²) in [5.41, 5.74) is 11.2. The maximum atomic E-state index is 13.3. The number of benzene rings is 3. The molecule has 0 aliphatic rings. The Morgan fingerprint density at radius 1 is 0.935 bits per heavy atom. The lowest BCUT2D eigenvalue weighted by Crippen LogP contribution is -2.22. The average molecular weight is 412 g/mol. The molecule has 2 heterocycles. The molecular formula is C23H17FN6O. The number of hydrogen-bond acceptors (Lipinski definition) is 4. The molecule has 2 aromatic heterocycles. The fraction of sp³-hybridized carbons (Fsp3) is 0.0435. The van der Waals surface area contributed by atoms with Gasteiger partial charge in [-0.05, 0) is 41.5 Å². The molecule has 0 saturated carbocycles. The SMILES string of the molecule is NC(=O)C(c1ccc(F)cc1)c1cccc(-c2n[nH]c3ccc(-c4cnn[nH]4)cc23)c1. The molecule has 1 unspecified atom stereocenters. The van der Waals surface area contributed by atoms with Gasteiger partial charge in [-0.15, -0.1) is 5.10 Å². The minimum Gasteiger partial charge on any atom is -0.369 e. The molecule has 0 saturated heterocycles. The molecule has 0 fully saturated rings. The van der Waals surface area contributed by atoms with E-state index in [1.54, 1.807) is 18.3 Å². The Morgan fingerprint density at radius 2 is 1.77 bits per heavy atom. The van der Waals surface area contributed by atoms with E-state index in [1.807, 2.05) is 42.5 Å². The molecule has 1 atom stereocenters. The van der Waals surface area contributed by atoms with E-state index in [1.165, 1.54) is 12.1 Å². The molecule has 31 heavy (non-hydrogen) atoms. The van der Waals surface area contributed by atoms with Crippen LogP contribution in [0.1, 0.15) is 17.0 Å². The van der Waals surface area contributed by atoms with Gasteiger partial charge >= 0.3 is 0 Å². The van der Waals surface area contributed by atoms with Gasteiger partial charge in [0.15, 0.2) is 0 Å². The lowest BCUT2D eigenvalue weighted by Gasteiger charge is -2.15. The molecule has 5 rings (SSSR count). The molecule has 0 bridgehead atoms. The number of aromatic nitrogens is 5. The zero-order chi connectivity index (χ0) is 21.4. The molecule has 5 aromatic rings. The summed E-state index contributed by atoms with van der Waals surface area (Å²) in [6.45, 7) is 0. The number of carbonyl (C=O) groups is 1. The van der Waals surface area contributed by atoms with Gasteiger partial charge in [-0.25, -0.2) is 4.39 Å². The van der Waals surface area contributed by atoms with E-state index in [0.717, 1.165) is 33.4 Å². The Balaban J connectivity index is 1.60. The number of halogens is 1. The van der Waals surface area contributed by atoms with Crippen molar-refractivity contribution < 1.29 is 9.18 Å². The van der Waals surface area contributed by atoms with Crippen molar-refractivity contribution in [1.82, 2.24) is 25.6 Å². The maximum absolute atomic E-state index is 13.3. The maximum Gasteiger partial charge on any atom is 0.229 e. The van der Waals surface area contributed by atoms with Crippen LogP contribution in [0.15, 0.2) is 72.9 Å². The highest BCUT2D eigenvalue weighted by atomic mass is 19.1. The van der Waals surface area contributed by atoms with Crippen molar-refractivity contribution in [2.75, 3.05) is 0 Å². The molecule has 0 aliphatic carbocycles. The summed E-state index contributed by atoms with van der Waals surface area (Å²) in [5, 5.41) is 18.9. The predicted molar refractivity (Wildman–Crippen MR) is 114 cm³/mol. The highest BCUT2D eigenvalue weighted by Crippen LogP contribution is 2.32. The van der Waals surface area contributed by atoms with Crippen LogP contribution in [0.3, 0.4) is 0 Å². The second-order valence-electron chi connectivity index (χ2n) is 7.22. The van der Waals surface area contributed by atoms with E-state index in [4.69, 9.17) is 5.73 Å². The first-order valence-corrected chi connectivity index (χ1v) is 9.60. The number of carbonyl (C=O) groups excluding carboxylic acids is 1. The lowest BCUT2D eigenvalue weighted by molar-refractivity contribution is -0.118. The lowest BCUT2D eigenvalue weighted by atomic mass is 9.89. The van der Waals surface area contributed by atoms with Gasteiger partial charge in [0, 0.05) is 16.5 Å². The fourth-order valence-corrected chi connectivity index (χ4v) is 3.78. The van der Waals surface area contributed by atoms with Crippen molar-refractivity contribution in [3.63, 3.8) is 0 Å². The molecule has 7 nitrogen and oxygen atoms in total. The van der Waals surface area contributed by atoms with Crippen LogP contribution in [-0.4, -0.2) is 31.5 Å². The molecule has 152 valence electrons. The van der Waals surface area contributed by atoms with Crippen molar-refractivity contribution in [3.05, 3.63) is 89.9 Å². The fourth-order valence-electron chi connectivity index (χ4n) is 3.78. The number of aromatic amines is 2. The van der Waals surface area contributed by atoms with Crippen LogP contribution in [0.25, 0.3) is 33.4 Å². The number of hydrogen-bond donors (Lipinski definition) is 3. The van der Waals surface area contributed by atoms with Gasteiger partial charge in [-0.3, -0.25) is 15.0 Å². The number of primary amides is 1. The van der Waals surface area contributed by atoms with Crippen LogP contribution in [-0.2, 0) is 4.79 Å². The van der Waals surface area contributed by atoms with E-state index in [2.05, 4.69) is 25.6 Å². The van der Waals surface area contributed by atoms with Crippen LogP contribution in [0.2, 0.25) is 0 Å². The summed E-state index contributed by atoms with van der Waals surface area (Å²) in [6, 6.07) is 19.2. The standard InChI is InChI=1S/C23H17FN6O/c24-17-7-4-13(5-8-17)21(23(25)31)15-2-1-3-16(10-15)22-18-11-14(20-12-26-30-28-20)6-9-19(18)27-29-22/h1-12,21H,(H2,25,31)(H,27,29)(H,26,28,30). The van der Waals surface area contributed by atoms with E-state index in [0.29, 0.717) is 11.1 Å². The van der Waals surface area contributed by atoms with Gasteiger partial charge < -0.3 is 5.73 Å². The summed E-state index contributed by atoms with van der Waals surface area (Å²) in [7, 11) is 0. The normalized spacial score (nSPS) is 12.2. The number of amides is 1. The van der Waals surface area contributed by atoms with Crippen LogP contribution < -0.4 is 5.73 Å². The van der Waals surface area contributed by atoms with Gasteiger partial charge in [-0.1, -0.05) is 41.6 Å². The van der Waals surface area contributed by atoms with Crippen LogP contribution in [0, 0.1) is 5.82 Å². The van der Waals surface area contributed by atoms with Gasteiger partial charge in [-0.2, -0.15) is 5.10 Å². The minimum absolute atomic E-state index is 0.369. The molecule has 0 spiro atoms. The first-order valence-electron chi connectivity index (χ1n) is 9.60. The first kappa shape index (κ1) is 18.7. The Morgan fingerprint density at radius 3 is 2.52 bits per heavy atom. The van der Waals surface area contributed by atoms with E-state index < -0.39 is 11.8 Å². The number of rotatable bonds is 5. The molecular weight excluding hydrogens is 395 g/mol. The van der Waals surface area contributed by atoms with Gasteiger partial charge in [0.1, 0.15) is 5.82 Å². The average Bonchev–Trinajstić information content (AvgIpc) is 3.45. The Hall–Kier alpha value is -4.33. The van der Waals surface area contributed by atoms with E-state index in [9.17, 15) is 9.18 Å². The first-order chi connectivity index (χ1) is 15.1. The topological polar surface area (TPSA) is 113 Å². The molecule has 1 amide bonds. The molecule has 0 radical (unpaired) electrons. The van der Waals surface area contributed by atoms with Gasteiger partial charge in [0.05, 0.1) is 29.0 Å². The molecule has 0 aliphatic heterocycles. The quantitative estimate of drug-likeness (QED) is 0.408. The van der Waals surface area contributed by atoms with E-state index >= 15 is 0 Å². The van der Waals surface area contributed by atoms with E-state index in [-0.39, 0.29) is 5.82 Å². The number of fused-ring (bicyclic) bond motifs is 1. The Bertz CT molecular complexity index is 1380. The minimum atomic E-state index is -0.697. The summed E-state index contributed by atoms with van der Waals surface area (Å²) in [4.78, 5) is 12.3.